The Labute approximate surface area is 124 Å². The molecule has 0 aliphatic carbocycles. The molecule has 0 fully saturated rings. The molecule has 0 spiro atoms. The molecule has 1 heterocycles. The standard InChI is InChI=1S/C16H21N3O2/c1-9(2)11(4)14(16(20)21)19-15-12-7-10(3)5-6-13(12)17-8-18-15/h5-9,11,14H,1-4H3,(H,20,21)(H,17,18,19)/t11-,14+/m1/s1. The van der Waals surface area contributed by atoms with Crippen LogP contribution in [0.2, 0.25) is 0 Å². The van der Waals surface area contributed by atoms with Gasteiger partial charge in [0.25, 0.3) is 0 Å². The van der Waals surface area contributed by atoms with Crippen molar-refractivity contribution in [2.24, 2.45) is 11.8 Å². The highest BCUT2D eigenvalue weighted by atomic mass is 16.4. The maximum Gasteiger partial charge on any atom is 0.326 e. The topological polar surface area (TPSA) is 75.1 Å². The van der Waals surface area contributed by atoms with Gasteiger partial charge in [0.05, 0.1) is 5.52 Å². The van der Waals surface area contributed by atoms with Gasteiger partial charge in [0.15, 0.2) is 0 Å². The smallest absolute Gasteiger partial charge is 0.326 e. The van der Waals surface area contributed by atoms with Crippen molar-refractivity contribution in [2.45, 2.75) is 33.7 Å². The average Bonchev–Trinajstić information content (AvgIpc) is 2.43. The molecule has 0 unspecified atom stereocenters. The quantitative estimate of drug-likeness (QED) is 0.883. The molecule has 0 radical (unpaired) electrons. The van der Waals surface area contributed by atoms with Gasteiger partial charge >= 0.3 is 5.97 Å². The van der Waals surface area contributed by atoms with Gasteiger partial charge in [0.1, 0.15) is 18.2 Å². The molecule has 0 saturated heterocycles. The van der Waals surface area contributed by atoms with Crippen molar-refractivity contribution in [3.8, 4) is 0 Å². The minimum atomic E-state index is -0.865. The largest absolute Gasteiger partial charge is 0.480 e. The van der Waals surface area contributed by atoms with E-state index >= 15 is 0 Å². The molecule has 2 atom stereocenters. The van der Waals surface area contributed by atoms with E-state index in [1.54, 1.807) is 0 Å². The minimum Gasteiger partial charge on any atom is -0.480 e. The first-order valence-corrected chi connectivity index (χ1v) is 7.11. The van der Waals surface area contributed by atoms with Gasteiger partial charge in [-0.1, -0.05) is 32.4 Å². The molecule has 2 N–H and O–H groups in total. The minimum absolute atomic E-state index is 0.0164. The van der Waals surface area contributed by atoms with Gasteiger partial charge in [-0.3, -0.25) is 0 Å². The maximum atomic E-state index is 11.5. The summed E-state index contributed by atoms with van der Waals surface area (Å²) in [5.74, 6) is -0.0509. The van der Waals surface area contributed by atoms with E-state index in [-0.39, 0.29) is 11.8 Å². The van der Waals surface area contributed by atoms with Crippen LogP contribution in [0.3, 0.4) is 0 Å². The molecule has 1 aromatic carbocycles. The Bertz CT molecular complexity index is 655. The van der Waals surface area contributed by atoms with Gasteiger partial charge in [-0.15, -0.1) is 0 Å². The van der Waals surface area contributed by atoms with E-state index in [0.717, 1.165) is 16.5 Å². The van der Waals surface area contributed by atoms with Gasteiger partial charge in [-0.2, -0.15) is 0 Å². The van der Waals surface area contributed by atoms with Crippen molar-refractivity contribution in [3.63, 3.8) is 0 Å². The number of nitrogens with zero attached hydrogens (tertiary/aromatic N) is 2. The van der Waals surface area contributed by atoms with Crippen LogP contribution in [-0.4, -0.2) is 27.1 Å². The van der Waals surface area contributed by atoms with Gasteiger partial charge in [-0.25, -0.2) is 14.8 Å². The van der Waals surface area contributed by atoms with Crippen LogP contribution in [0.4, 0.5) is 5.82 Å². The summed E-state index contributed by atoms with van der Waals surface area (Å²) >= 11 is 0. The van der Waals surface area contributed by atoms with Crippen LogP contribution in [0.1, 0.15) is 26.3 Å². The second kappa shape index (κ2) is 6.08. The van der Waals surface area contributed by atoms with Crippen molar-refractivity contribution >= 4 is 22.7 Å². The van der Waals surface area contributed by atoms with Crippen molar-refractivity contribution < 1.29 is 9.90 Å². The van der Waals surface area contributed by atoms with Gasteiger partial charge < -0.3 is 10.4 Å². The molecule has 0 bridgehead atoms. The Morgan fingerprint density at radius 1 is 1.24 bits per heavy atom. The summed E-state index contributed by atoms with van der Waals surface area (Å²) in [6.45, 7) is 7.96. The number of carboxylic acids is 1. The zero-order valence-electron chi connectivity index (χ0n) is 12.8. The third-order valence-electron chi connectivity index (χ3n) is 3.93. The number of hydrogen-bond acceptors (Lipinski definition) is 4. The third-order valence-corrected chi connectivity index (χ3v) is 3.93. The molecule has 2 aromatic rings. The van der Waals surface area contributed by atoms with Crippen molar-refractivity contribution in [2.75, 3.05) is 5.32 Å². The van der Waals surface area contributed by atoms with E-state index in [1.165, 1.54) is 6.33 Å². The summed E-state index contributed by atoms with van der Waals surface area (Å²) in [6.07, 6.45) is 1.46. The van der Waals surface area contributed by atoms with E-state index in [0.29, 0.717) is 5.82 Å². The number of hydrogen-bond donors (Lipinski definition) is 2. The lowest BCUT2D eigenvalue weighted by Crippen LogP contribution is -2.38. The Balaban J connectivity index is 2.41. The SMILES string of the molecule is Cc1ccc2ncnc(N[C@H](C(=O)O)[C@H](C)C(C)C)c2c1. The number of benzene rings is 1. The molecule has 1 aromatic heterocycles. The normalized spacial score (nSPS) is 14.1. The Morgan fingerprint density at radius 2 is 1.95 bits per heavy atom. The van der Waals surface area contributed by atoms with Crippen molar-refractivity contribution in [1.29, 1.82) is 0 Å². The molecule has 112 valence electrons. The zero-order chi connectivity index (χ0) is 15.6. The number of aryl methyl sites for hydroxylation is 1. The second-order valence-electron chi connectivity index (χ2n) is 5.81. The number of fused-ring (bicyclic) bond motifs is 1. The molecule has 21 heavy (non-hydrogen) atoms. The number of aliphatic carboxylic acids is 1. The summed E-state index contributed by atoms with van der Waals surface area (Å²) in [5.41, 5.74) is 1.89. The lowest BCUT2D eigenvalue weighted by Gasteiger charge is -2.25. The lowest BCUT2D eigenvalue weighted by molar-refractivity contribution is -0.139. The molecule has 0 aliphatic rings. The molecule has 5 nitrogen and oxygen atoms in total. The number of nitrogens with one attached hydrogen (secondary N) is 1. The van der Waals surface area contributed by atoms with E-state index in [2.05, 4.69) is 15.3 Å². The van der Waals surface area contributed by atoms with Gasteiger partial charge in [0.2, 0.25) is 0 Å². The fourth-order valence-electron chi connectivity index (χ4n) is 2.24. The highest BCUT2D eigenvalue weighted by Gasteiger charge is 2.27. The van der Waals surface area contributed by atoms with Gasteiger partial charge in [0, 0.05) is 5.39 Å². The fourth-order valence-corrected chi connectivity index (χ4v) is 2.24. The Morgan fingerprint density at radius 3 is 2.57 bits per heavy atom. The first kappa shape index (κ1) is 15.2. The van der Waals surface area contributed by atoms with E-state index in [4.69, 9.17) is 0 Å². The number of carbonyl (C=O) groups is 1. The van der Waals surface area contributed by atoms with E-state index in [9.17, 15) is 9.90 Å². The number of anilines is 1. The molecule has 2 rings (SSSR count). The molecular formula is C16H21N3O2. The molecule has 5 heteroatoms. The predicted octanol–water partition coefficient (Wildman–Crippen LogP) is 3.10. The van der Waals surface area contributed by atoms with Crippen LogP contribution < -0.4 is 5.32 Å². The molecule has 0 amide bonds. The van der Waals surface area contributed by atoms with Crippen LogP contribution in [-0.2, 0) is 4.79 Å². The predicted molar refractivity (Wildman–Crippen MR) is 83.3 cm³/mol. The highest BCUT2D eigenvalue weighted by Crippen LogP contribution is 2.24. The summed E-state index contributed by atoms with van der Waals surface area (Å²) in [7, 11) is 0. The van der Waals surface area contributed by atoms with Crippen molar-refractivity contribution in [3.05, 3.63) is 30.1 Å². The monoisotopic (exact) mass is 287 g/mol. The summed E-state index contributed by atoms with van der Waals surface area (Å²) < 4.78 is 0. The Hall–Kier alpha value is -2.17. The summed E-state index contributed by atoms with van der Waals surface area (Å²) in [4.78, 5) is 20.0. The average molecular weight is 287 g/mol. The molecule has 0 saturated carbocycles. The summed E-state index contributed by atoms with van der Waals surface area (Å²) in [5, 5.41) is 13.4. The van der Waals surface area contributed by atoms with E-state index < -0.39 is 12.0 Å². The second-order valence-corrected chi connectivity index (χ2v) is 5.81. The zero-order valence-corrected chi connectivity index (χ0v) is 12.8. The van der Waals surface area contributed by atoms with Gasteiger partial charge in [-0.05, 0) is 30.9 Å². The van der Waals surface area contributed by atoms with Crippen LogP contribution >= 0.6 is 0 Å². The fraction of sp³-hybridized carbons (Fsp3) is 0.438. The Kier molecular flexibility index (Phi) is 4.40. The number of carboxylic acid groups (broad SMARTS) is 1. The van der Waals surface area contributed by atoms with Crippen LogP contribution in [0, 0.1) is 18.8 Å². The van der Waals surface area contributed by atoms with Crippen LogP contribution in [0.15, 0.2) is 24.5 Å². The summed E-state index contributed by atoms with van der Waals surface area (Å²) in [6, 6.07) is 5.18. The first-order chi connectivity index (χ1) is 9.90. The maximum absolute atomic E-state index is 11.5. The number of aromatic nitrogens is 2. The van der Waals surface area contributed by atoms with Crippen LogP contribution in [0.25, 0.3) is 10.9 Å². The first-order valence-electron chi connectivity index (χ1n) is 7.11. The van der Waals surface area contributed by atoms with Crippen LogP contribution in [0.5, 0.6) is 0 Å². The van der Waals surface area contributed by atoms with Crippen molar-refractivity contribution in [1.82, 2.24) is 9.97 Å². The molecule has 0 aliphatic heterocycles. The molecular weight excluding hydrogens is 266 g/mol. The lowest BCUT2D eigenvalue weighted by atomic mass is 9.90. The third kappa shape index (κ3) is 3.29. The van der Waals surface area contributed by atoms with E-state index in [1.807, 2.05) is 45.9 Å². The highest BCUT2D eigenvalue weighted by molar-refractivity contribution is 5.91. The number of rotatable bonds is 5.